The number of halogens is 2. The van der Waals surface area contributed by atoms with Gasteiger partial charge in [0.25, 0.3) is 0 Å². The Morgan fingerprint density at radius 1 is 1.44 bits per heavy atom. The molecule has 1 heterocycles. The van der Waals surface area contributed by atoms with E-state index in [1.54, 1.807) is 18.2 Å². The Kier molecular flexibility index (Phi) is 3.24. The molecule has 1 aliphatic rings. The molecule has 86 valence electrons. The summed E-state index contributed by atoms with van der Waals surface area (Å²) in [6, 6.07) is 4.98. The number of rotatable bonds is 2. The van der Waals surface area contributed by atoms with Crippen molar-refractivity contribution in [2.24, 2.45) is 0 Å². The molecular formula is C12H13Cl2NO. The van der Waals surface area contributed by atoms with Crippen LogP contribution in [0.15, 0.2) is 18.2 Å². The van der Waals surface area contributed by atoms with Crippen molar-refractivity contribution in [3.63, 3.8) is 0 Å². The molecule has 2 nitrogen and oxygen atoms in total. The normalized spacial score (nSPS) is 24.7. The molecule has 0 radical (unpaired) electrons. The Morgan fingerprint density at radius 3 is 2.81 bits per heavy atom. The fourth-order valence-corrected chi connectivity index (χ4v) is 2.43. The minimum atomic E-state index is -0.492. The Bertz CT molecular complexity index is 425. The highest BCUT2D eigenvalue weighted by Gasteiger charge is 2.37. The van der Waals surface area contributed by atoms with Gasteiger partial charge in [0, 0.05) is 10.6 Å². The van der Waals surface area contributed by atoms with E-state index >= 15 is 0 Å². The Hall–Kier alpha value is -0.570. The van der Waals surface area contributed by atoms with E-state index in [1.807, 2.05) is 6.92 Å². The second-order valence-corrected chi connectivity index (χ2v) is 5.16. The van der Waals surface area contributed by atoms with Crippen molar-refractivity contribution in [1.29, 1.82) is 0 Å². The molecule has 0 amide bonds. The maximum atomic E-state index is 12.3. The van der Waals surface area contributed by atoms with Gasteiger partial charge in [0.1, 0.15) is 0 Å². The predicted octanol–water partition coefficient (Wildman–Crippen LogP) is 3.32. The molecular weight excluding hydrogens is 245 g/mol. The highest BCUT2D eigenvalue weighted by atomic mass is 35.5. The molecule has 4 heteroatoms. The first kappa shape index (κ1) is 11.9. The minimum absolute atomic E-state index is 0.0255. The number of carbonyl (C=O) groups excluding carboxylic acids is 1. The average Bonchev–Trinajstić information content (AvgIpc) is 2.69. The van der Waals surface area contributed by atoms with E-state index in [0.717, 1.165) is 19.4 Å². The van der Waals surface area contributed by atoms with Gasteiger partial charge in [-0.1, -0.05) is 23.2 Å². The van der Waals surface area contributed by atoms with Gasteiger partial charge in [-0.15, -0.1) is 0 Å². The number of ketones is 1. The third-order valence-electron chi connectivity index (χ3n) is 3.04. The summed E-state index contributed by atoms with van der Waals surface area (Å²) in [4.78, 5) is 12.3. The van der Waals surface area contributed by atoms with Crippen LogP contribution in [0.4, 0.5) is 0 Å². The maximum absolute atomic E-state index is 12.3. The lowest BCUT2D eigenvalue weighted by Crippen LogP contribution is -2.44. The van der Waals surface area contributed by atoms with E-state index in [9.17, 15) is 4.79 Å². The summed E-state index contributed by atoms with van der Waals surface area (Å²) in [5.41, 5.74) is 0.0139. The second-order valence-electron chi connectivity index (χ2n) is 4.32. The first-order valence-corrected chi connectivity index (χ1v) is 6.03. The highest BCUT2D eigenvalue weighted by Crippen LogP contribution is 2.28. The molecule has 0 aromatic heterocycles. The topological polar surface area (TPSA) is 29.1 Å². The number of benzene rings is 1. The van der Waals surface area contributed by atoms with Gasteiger partial charge in [-0.25, -0.2) is 0 Å². The van der Waals surface area contributed by atoms with Crippen LogP contribution in [0.3, 0.4) is 0 Å². The number of hydrogen-bond donors (Lipinski definition) is 1. The van der Waals surface area contributed by atoms with Gasteiger partial charge < -0.3 is 5.32 Å². The smallest absolute Gasteiger partial charge is 0.184 e. The van der Waals surface area contributed by atoms with E-state index in [1.165, 1.54) is 0 Å². The Labute approximate surface area is 105 Å². The quantitative estimate of drug-likeness (QED) is 0.824. The zero-order valence-electron chi connectivity index (χ0n) is 9.02. The summed E-state index contributed by atoms with van der Waals surface area (Å²) >= 11 is 11.9. The fraction of sp³-hybridized carbons (Fsp3) is 0.417. The zero-order chi connectivity index (χ0) is 11.8. The third kappa shape index (κ3) is 2.10. The van der Waals surface area contributed by atoms with E-state index in [0.29, 0.717) is 15.6 Å². The summed E-state index contributed by atoms with van der Waals surface area (Å²) in [6.45, 7) is 2.79. The monoisotopic (exact) mass is 257 g/mol. The minimum Gasteiger partial charge on any atom is -0.305 e. The van der Waals surface area contributed by atoms with Crippen LogP contribution in [0.2, 0.25) is 10.0 Å². The molecule has 1 aromatic carbocycles. The summed E-state index contributed by atoms with van der Waals surface area (Å²) in [5.74, 6) is 0.0255. The van der Waals surface area contributed by atoms with Gasteiger partial charge in [0.2, 0.25) is 0 Å². The molecule has 0 saturated carbocycles. The first-order chi connectivity index (χ1) is 7.53. The van der Waals surface area contributed by atoms with Crippen LogP contribution >= 0.6 is 23.2 Å². The van der Waals surface area contributed by atoms with Gasteiger partial charge in [-0.3, -0.25) is 4.79 Å². The van der Waals surface area contributed by atoms with Gasteiger partial charge in [0.05, 0.1) is 10.6 Å². The molecule has 1 aromatic rings. The van der Waals surface area contributed by atoms with E-state index in [2.05, 4.69) is 5.32 Å². The average molecular weight is 258 g/mol. The standard InChI is InChI=1S/C12H13Cl2NO/c1-12(5-2-6-15-12)11(16)9-7-8(13)3-4-10(9)14/h3-4,7,15H,2,5-6H2,1H3. The SMILES string of the molecule is CC1(C(=O)c2cc(Cl)ccc2Cl)CCCN1. The van der Waals surface area contributed by atoms with Crippen molar-refractivity contribution < 1.29 is 4.79 Å². The summed E-state index contributed by atoms with van der Waals surface area (Å²) in [5, 5.41) is 4.23. The number of nitrogens with one attached hydrogen (secondary N) is 1. The van der Waals surface area contributed by atoms with Crippen LogP contribution in [-0.2, 0) is 0 Å². The molecule has 1 aliphatic heterocycles. The van der Waals surface area contributed by atoms with Gasteiger partial charge in [-0.05, 0) is 44.5 Å². The lowest BCUT2D eigenvalue weighted by Gasteiger charge is -2.23. The third-order valence-corrected chi connectivity index (χ3v) is 3.61. The summed E-state index contributed by atoms with van der Waals surface area (Å²) in [7, 11) is 0. The molecule has 0 bridgehead atoms. The zero-order valence-corrected chi connectivity index (χ0v) is 10.5. The van der Waals surface area contributed by atoms with E-state index < -0.39 is 5.54 Å². The van der Waals surface area contributed by atoms with Crippen molar-refractivity contribution in [3.05, 3.63) is 33.8 Å². The van der Waals surface area contributed by atoms with Gasteiger partial charge >= 0.3 is 0 Å². The Morgan fingerprint density at radius 2 is 2.19 bits per heavy atom. The molecule has 0 spiro atoms. The first-order valence-electron chi connectivity index (χ1n) is 5.28. The molecule has 2 rings (SSSR count). The van der Waals surface area contributed by atoms with Crippen LogP contribution in [0.25, 0.3) is 0 Å². The van der Waals surface area contributed by atoms with Crippen molar-refractivity contribution in [3.8, 4) is 0 Å². The van der Waals surface area contributed by atoms with Crippen molar-refractivity contribution in [2.45, 2.75) is 25.3 Å². The van der Waals surface area contributed by atoms with Crippen LogP contribution in [0, 0.1) is 0 Å². The predicted molar refractivity (Wildman–Crippen MR) is 66.4 cm³/mol. The molecule has 1 fully saturated rings. The van der Waals surface area contributed by atoms with Gasteiger partial charge in [0.15, 0.2) is 5.78 Å². The lowest BCUT2D eigenvalue weighted by molar-refractivity contribution is 0.0884. The Balaban J connectivity index is 2.36. The van der Waals surface area contributed by atoms with E-state index in [-0.39, 0.29) is 5.78 Å². The largest absolute Gasteiger partial charge is 0.305 e. The molecule has 1 atom stereocenters. The van der Waals surface area contributed by atoms with Gasteiger partial charge in [-0.2, -0.15) is 0 Å². The highest BCUT2D eigenvalue weighted by molar-refractivity contribution is 6.36. The number of Topliss-reactive ketones (excluding diaryl/α,β-unsaturated/α-hetero) is 1. The number of carbonyl (C=O) groups is 1. The van der Waals surface area contributed by atoms with Crippen molar-refractivity contribution in [1.82, 2.24) is 5.32 Å². The van der Waals surface area contributed by atoms with Crippen LogP contribution < -0.4 is 5.32 Å². The second kappa shape index (κ2) is 4.36. The van der Waals surface area contributed by atoms with E-state index in [4.69, 9.17) is 23.2 Å². The van der Waals surface area contributed by atoms with Crippen LogP contribution in [0.5, 0.6) is 0 Å². The number of hydrogen-bond acceptors (Lipinski definition) is 2. The summed E-state index contributed by atoms with van der Waals surface area (Å²) < 4.78 is 0. The fourth-order valence-electron chi connectivity index (χ4n) is 2.06. The molecule has 1 saturated heterocycles. The van der Waals surface area contributed by atoms with Crippen molar-refractivity contribution in [2.75, 3.05) is 6.54 Å². The van der Waals surface area contributed by atoms with Crippen LogP contribution in [-0.4, -0.2) is 17.9 Å². The summed E-state index contributed by atoms with van der Waals surface area (Å²) in [6.07, 6.45) is 1.86. The lowest BCUT2D eigenvalue weighted by atomic mass is 9.90. The van der Waals surface area contributed by atoms with Crippen LogP contribution in [0.1, 0.15) is 30.1 Å². The molecule has 1 N–H and O–H groups in total. The molecule has 1 unspecified atom stereocenters. The maximum Gasteiger partial charge on any atom is 0.184 e. The molecule has 0 aliphatic carbocycles. The van der Waals surface area contributed by atoms with Crippen molar-refractivity contribution >= 4 is 29.0 Å². The molecule has 16 heavy (non-hydrogen) atoms.